The minimum Gasteiger partial charge on any atom is -0.495 e. The Morgan fingerprint density at radius 1 is 1.47 bits per heavy atom. The molecule has 0 aromatic heterocycles. The Bertz CT molecular complexity index is 438. The third-order valence-electron chi connectivity index (χ3n) is 2.49. The van der Waals surface area contributed by atoms with Crippen molar-refractivity contribution >= 4 is 21.6 Å². The van der Waals surface area contributed by atoms with E-state index in [-0.39, 0.29) is 5.41 Å². The molecule has 0 saturated carbocycles. The Labute approximate surface area is 111 Å². The van der Waals surface area contributed by atoms with Gasteiger partial charge in [-0.15, -0.1) is 0 Å². The molecule has 92 valence electrons. The molecule has 0 aliphatic carbocycles. The van der Waals surface area contributed by atoms with Crippen molar-refractivity contribution in [2.45, 2.75) is 13.8 Å². The molecule has 0 bridgehead atoms. The van der Waals surface area contributed by atoms with E-state index in [2.05, 4.69) is 22.0 Å². The number of benzene rings is 1. The Morgan fingerprint density at radius 3 is 2.65 bits per heavy atom. The first-order chi connectivity index (χ1) is 7.89. The fourth-order valence-corrected chi connectivity index (χ4v) is 2.02. The Balaban J connectivity index is 3.00. The highest BCUT2D eigenvalue weighted by molar-refractivity contribution is 9.10. The molecule has 3 nitrogen and oxygen atoms in total. The topological polar surface area (TPSA) is 36.3 Å². The number of hydrogen-bond acceptors (Lipinski definition) is 3. The lowest BCUT2D eigenvalue weighted by Gasteiger charge is -2.27. The fourth-order valence-electron chi connectivity index (χ4n) is 1.67. The van der Waals surface area contributed by atoms with E-state index >= 15 is 0 Å². The summed E-state index contributed by atoms with van der Waals surface area (Å²) < 4.78 is 6.32. The number of halogens is 1. The molecular formula is C13H17BrN2O. The van der Waals surface area contributed by atoms with Crippen molar-refractivity contribution in [2.75, 3.05) is 25.6 Å². The molecule has 1 aromatic rings. The molecule has 1 aromatic carbocycles. The second-order valence-corrected chi connectivity index (χ2v) is 5.58. The largest absolute Gasteiger partial charge is 0.495 e. The first kappa shape index (κ1) is 13.9. The zero-order valence-corrected chi connectivity index (χ0v) is 12.2. The van der Waals surface area contributed by atoms with Crippen LogP contribution in [0.5, 0.6) is 5.75 Å². The molecule has 0 saturated heterocycles. The lowest BCUT2D eigenvalue weighted by atomic mass is 9.95. The summed E-state index contributed by atoms with van der Waals surface area (Å²) in [6.07, 6.45) is 0. The van der Waals surface area contributed by atoms with Crippen molar-refractivity contribution in [3.63, 3.8) is 0 Å². The third kappa shape index (κ3) is 3.64. The van der Waals surface area contributed by atoms with Gasteiger partial charge >= 0.3 is 0 Å². The van der Waals surface area contributed by atoms with Crippen LogP contribution in [0, 0.1) is 16.7 Å². The maximum absolute atomic E-state index is 9.05. The van der Waals surface area contributed by atoms with Crippen LogP contribution in [0.3, 0.4) is 0 Å². The van der Waals surface area contributed by atoms with Gasteiger partial charge in [0, 0.05) is 18.1 Å². The van der Waals surface area contributed by atoms with Crippen LogP contribution < -0.4 is 9.64 Å². The summed E-state index contributed by atoms with van der Waals surface area (Å²) in [5.41, 5.74) is 0.590. The Morgan fingerprint density at radius 2 is 2.12 bits per heavy atom. The number of hydrogen-bond donors (Lipinski definition) is 0. The minimum absolute atomic E-state index is 0.387. The molecule has 0 unspecified atom stereocenters. The maximum Gasteiger partial charge on any atom is 0.142 e. The summed E-state index contributed by atoms with van der Waals surface area (Å²) in [6.45, 7) is 4.50. The van der Waals surface area contributed by atoms with E-state index in [0.717, 1.165) is 15.9 Å². The van der Waals surface area contributed by atoms with Crippen LogP contribution in [0.15, 0.2) is 22.7 Å². The van der Waals surface area contributed by atoms with Gasteiger partial charge in [-0.25, -0.2) is 0 Å². The zero-order valence-electron chi connectivity index (χ0n) is 10.6. The lowest BCUT2D eigenvalue weighted by Crippen LogP contribution is -2.30. The van der Waals surface area contributed by atoms with Gasteiger partial charge in [-0.3, -0.25) is 0 Å². The van der Waals surface area contributed by atoms with Crippen LogP contribution in [0.2, 0.25) is 0 Å². The van der Waals surface area contributed by atoms with Crippen LogP contribution >= 0.6 is 15.9 Å². The van der Waals surface area contributed by atoms with Gasteiger partial charge in [0.15, 0.2) is 0 Å². The number of nitriles is 1. The van der Waals surface area contributed by atoms with Crippen LogP contribution in [0.4, 0.5) is 5.69 Å². The Kier molecular flexibility index (Phi) is 4.41. The predicted molar refractivity (Wildman–Crippen MR) is 73.4 cm³/mol. The number of methoxy groups -OCH3 is 1. The highest BCUT2D eigenvalue weighted by Crippen LogP contribution is 2.32. The monoisotopic (exact) mass is 296 g/mol. The number of ether oxygens (including phenoxy) is 1. The molecule has 0 radical (unpaired) electrons. The van der Waals surface area contributed by atoms with Gasteiger partial charge in [0.25, 0.3) is 0 Å². The summed E-state index contributed by atoms with van der Waals surface area (Å²) in [4.78, 5) is 2.03. The zero-order chi connectivity index (χ0) is 13.1. The summed E-state index contributed by atoms with van der Waals surface area (Å²) in [6, 6.07) is 8.14. The van der Waals surface area contributed by atoms with Crippen LogP contribution in [0.1, 0.15) is 13.8 Å². The number of anilines is 1. The molecule has 17 heavy (non-hydrogen) atoms. The van der Waals surface area contributed by atoms with E-state index in [1.807, 2.05) is 44.0 Å². The second kappa shape index (κ2) is 5.42. The molecule has 0 fully saturated rings. The fraction of sp³-hybridized carbons (Fsp3) is 0.462. The highest BCUT2D eigenvalue weighted by Gasteiger charge is 2.21. The third-order valence-corrected chi connectivity index (χ3v) is 2.98. The minimum atomic E-state index is -0.387. The summed E-state index contributed by atoms with van der Waals surface area (Å²) in [5, 5.41) is 9.05. The van der Waals surface area contributed by atoms with Gasteiger partial charge < -0.3 is 9.64 Å². The van der Waals surface area contributed by atoms with Crippen molar-refractivity contribution in [3.8, 4) is 11.8 Å². The molecule has 0 heterocycles. The van der Waals surface area contributed by atoms with Crippen LogP contribution in [-0.4, -0.2) is 20.7 Å². The molecule has 4 heteroatoms. The van der Waals surface area contributed by atoms with Gasteiger partial charge in [-0.05, 0) is 32.0 Å². The standard InChI is InChI=1S/C13H17BrN2O/c1-13(2,8-15)9-16(3)11-7-10(14)5-6-12(11)17-4/h5-7H,9H2,1-4H3. The summed E-state index contributed by atoms with van der Waals surface area (Å²) in [5.74, 6) is 0.810. The predicted octanol–water partition coefficient (Wildman–Crippen LogP) is 3.44. The maximum atomic E-state index is 9.05. The quantitative estimate of drug-likeness (QED) is 0.854. The van der Waals surface area contributed by atoms with E-state index in [4.69, 9.17) is 10.00 Å². The van der Waals surface area contributed by atoms with E-state index in [1.165, 1.54) is 0 Å². The van der Waals surface area contributed by atoms with Gasteiger partial charge in [-0.2, -0.15) is 5.26 Å². The van der Waals surface area contributed by atoms with E-state index in [1.54, 1.807) is 7.11 Å². The van der Waals surface area contributed by atoms with Crippen molar-refractivity contribution in [3.05, 3.63) is 22.7 Å². The normalized spacial score (nSPS) is 10.8. The number of nitrogens with zero attached hydrogens (tertiary/aromatic N) is 2. The molecule has 0 aliphatic rings. The van der Waals surface area contributed by atoms with E-state index in [0.29, 0.717) is 6.54 Å². The Hall–Kier alpha value is -1.21. The smallest absolute Gasteiger partial charge is 0.142 e. The molecule has 1 rings (SSSR count). The van der Waals surface area contributed by atoms with Crippen molar-refractivity contribution < 1.29 is 4.74 Å². The molecule has 0 amide bonds. The van der Waals surface area contributed by atoms with Crippen molar-refractivity contribution in [1.82, 2.24) is 0 Å². The first-order valence-corrected chi connectivity index (χ1v) is 6.15. The van der Waals surface area contributed by atoms with Crippen LogP contribution in [-0.2, 0) is 0 Å². The van der Waals surface area contributed by atoms with Gasteiger partial charge in [0.05, 0.1) is 24.3 Å². The van der Waals surface area contributed by atoms with Crippen molar-refractivity contribution in [2.24, 2.45) is 5.41 Å². The molecule has 0 atom stereocenters. The molecule has 0 aliphatic heterocycles. The SMILES string of the molecule is COc1ccc(Br)cc1N(C)CC(C)(C)C#N. The highest BCUT2D eigenvalue weighted by atomic mass is 79.9. The van der Waals surface area contributed by atoms with Gasteiger partial charge in [-0.1, -0.05) is 15.9 Å². The first-order valence-electron chi connectivity index (χ1n) is 5.35. The van der Waals surface area contributed by atoms with E-state index in [9.17, 15) is 0 Å². The lowest BCUT2D eigenvalue weighted by molar-refractivity contribution is 0.412. The summed E-state index contributed by atoms with van der Waals surface area (Å²) in [7, 11) is 3.61. The van der Waals surface area contributed by atoms with Crippen molar-refractivity contribution in [1.29, 1.82) is 5.26 Å². The average molecular weight is 297 g/mol. The average Bonchev–Trinajstić information content (AvgIpc) is 2.28. The van der Waals surface area contributed by atoms with Gasteiger partial charge in [0.2, 0.25) is 0 Å². The molecule has 0 spiro atoms. The van der Waals surface area contributed by atoms with E-state index < -0.39 is 0 Å². The summed E-state index contributed by atoms with van der Waals surface area (Å²) >= 11 is 3.44. The second-order valence-electron chi connectivity index (χ2n) is 4.67. The number of rotatable bonds is 4. The van der Waals surface area contributed by atoms with Crippen LogP contribution in [0.25, 0.3) is 0 Å². The molecular weight excluding hydrogens is 280 g/mol. The molecule has 0 N–H and O–H groups in total. The van der Waals surface area contributed by atoms with Gasteiger partial charge in [0.1, 0.15) is 5.75 Å².